The van der Waals surface area contributed by atoms with E-state index in [1.54, 1.807) is 12.1 Å². The second-order valence-corrected chi connectivity index (χ2v) is 7.67. The first-order valence-electron chi connectivity index (χ1n) is 6.21. The molecule has 0 fully saturated rings. The molecular weight excluding hydrogens is 342 g/mol. The fourth-order valence-corrected chi connectivity index (χ4v) is 4.02. The Morgan fingerprint density at radius 1 is 1.45 bits per heavy atom. The summed E-state index contributed by atoms with van der Waals surface area (Å²) in [6.07, 6.45) is 0.153. The van der Waals surface area contributed by atoms with Gasteiger partial charge in [-0.25, -0.2) is 8.42 Å². The highest BCUT2D eigenvalue weighted by molar-refractivity contribution is 9.10. The molecule has 0 heterocycles. The number of hydrogen-bond donors (Lipinski definition) is 1. The minimum Gasteiger partial charge on any atom is -0.398 e. The van der Waals surface area contributed by atoms with Crippen molar-refractivity contribution in [1.82, 2.24) is 4.31 Å². The monoisotopic (exact) mass is 359 g/mol. The van der Waals surface area contributed by atoms with Crippen LogP contribution in [0.1, 0.15) is 20.3 Å². The van der Waals surface area contributed by atoms with E-state index in [9.17, 15) is 8.42 Å². The van der Waals surface area contributed by atoms with E-state index < -0.39 is 10.0 Å². The number of anilines is 1. The molecular formula is C13H18BrN3O2S. The SMILES string of the molecule is CC(C)CN(CCC#N)S(=O)(=O)c1cc(Br)ccc1N. The Morgan fingerprint density at radius 3 is 2.65 bits per heavy atom. The van der Waals surface area contributed by atoms with Crippen LogP contribution >= 0.6 is 15.9 Å². The molecule has 0 aliphatic carbocycles. The van der Waals surface area contributed by atoms with E-state index in [2.05, 4.69) is 15.9 Å². The van der Waals surface area contributed by atoms with Crippen molar-refractivity contribution in [2.45, 2.75) is 25.2 Å². The molecule has 7 heteroatoms. The zero-order valence-electron chi connectivity index (χ0n) is 11.5. The van der Waals surface area contributed by atoms with Crippen molar-refractivity contribution in [3.63, 3.8) is 0 Å². The van der Waals surface area contributed by atoms with Gasteiger partial charge in [-0.1, -0.05) is 29.8 Å². The second kappa shape index (κ2) is 7.07. The van der Waals surface area contributed by atoms with E-state index in [1.165, 1.54) is 10.4 Å². The zero-order chi connectivity index (χ0) is 15.3. The first-order valence-corrected chi connectivity index (χ1v) is 8.44. The van der Waals surface area contributed by atoms with Crippen molar-refractivity contribution in [2.75, 3.05) is 18.8 Å². The molecule has 2 N–H and O–H groups in total. The van der Waals surface area contributed by atoms with Crippen LogP contribution in [0, 0.1) is 17.2 Å². The number of sulfonamides is 1. The van der Waals surface area contributed by atoms with Gasteiger partial charge in [-0.2, -0.15) is 9.57 Å². The number of halogens is 1. The van der Waals surface area contributed by atoms with Crippen LogP contribution in [0.5, 0.6) is 0 Å². The van der Waals surface area contributed by atoms with Crippen LogP contribution in [0.4, 0.5) is 5.69 Å². The molecule has 0 aliphatic heterocycles. The number of nitrogens with two attached hydrogens (primary N) is 1. The second-order valence-electron chi connectivity index (χ2n) is 4.85. The molecule has 20 heavy (non-hydrogen) atoms. The van der Waals surface area contributed by atoms with E-state index in [0.717, 1.165) is 0 Å². The Morgan fingerprint density at radius 2 is 2.10 bits per heavy atom. The smallest absolute Gasteiger partial charge is 0.245 e. The highest BCUT2D eigenvalue weighted by Crippen LogP contribution is 2.26. The van der Waals surface area contributed by atoms with Gasteiger partial charge in [0, 0.05) is 24.0 Å². The summed E-state index contributed by atoms with van der Waals surface area (Å²) < 4.78 is 27.3. The molecule has 0 unspecified atom stereocenters. The van der Waals surface area contributed by atoms with Gasteiger partial charge in [-0.15, -0.1) is 0 Å². The summed E-state index contributed by atoms with van der Waals surface area (Å²) in [6.45, 7) is 4.39. The maximum Gasteiger partial charge on any atom is 0.245 e. The third-order valence-corrected chi connectivity index (χ3v) is 5.05. The lowest BCUT2D eigenvalue weighted by atomic mass is 10.2. The van der Waals surface area contributed by atoms with Gasteiger partial charge in [0.15, 0.2) is 0 Å². The Balaban J connectivity index is 3.21. The topological polar surface area (TPSA) is 87.2 Å². The fourth-order valence-electron chi connectivity index (χ4n) is 1.76. The third-order valence-electron chi connectivity index (χ3n) is 2.64. The average Bonchev–Trinajstić information content (AvgIpc) is 2.36. The van der Waals surface area contributed by atoms with E-state index in [1.807, 2.05) is 19.9 Å². The molecule has 0 aromatic heterocycles. The standard InChI is InChI=1S/C13H18BrN3O2S/c1-10(2)9-17(7-3-6-15)20(18,19)13-8-11(14)4-5-12(13)16/h4-5,8,10H,3,7,9,16H2,1-2H3. The minimum absolute atomic E-state index is 0.0745. The molecule has 0 radical (unpaired) electrons. The van der Waals surface area contributed by atoms with Crippen LogP contribution in [-0.4, -0.2) is 25.8 Å². The molecule has 1 rings (SSSR count). The summed E-state index contributed by atoms with van der Waals surface area (Å²) in [5.41, 5.74) is 5.99. The molecule has 5 nitrogen and oxygen atoms in total. The number of nitrogen functional groups attached to an aromatic ring is 1. The first kappa shape index (κ1) is 17.0. The molecule has 1 aromatic rings. The third kappa shape index (κ3) is 4.20. The summed E-state index contributed by atoms with van der Waals surface area (Å²) >= 11 is 3.25. The Labute approximate surface area is 128 Å². The van der Waals surface area contributed by atoms with Crippen LogP contribution in [0.15, 0.2) is 27.6 Å². The summed E-state index contributed by atoms with van der Waals surface area (Å²) in [5, 5.41) is 8.68. The lowest BCUT2D eigenvalue weighted by molar-refractivity contribution is 0.373. The summed E-state index contributed by atoms with van der Waals surface area (Å²) in [4.78, 5) is 0.0745. The molecule has 0 amide bonds. The maximum atomic E-state index is 12.7. The Kier molecular flexibility index (Phi) is 5.99. The predicted octanol–water partition coefficient (Wildman–Crippen LogP) is 2.59. The van der Waals surface area contributed by atoms with Crippen molar-refractivity contribution >= 4 is 31.6 Å². The van der Waals surface area contributed by atoms with E-state index in [4.69, 9.17) is 11.0 Å². The van der Waals surface area contributed by atoms with Gasteiger partial charge in [-0.05, 0) is 24.1 Å². The Bertz CT molecular complexity index is 609. The number of nitrogens with zero attached hydrogens (tertiary/aromatic N) is 2. The molecule has 0 saturated carbocycles. The molecule has 0 spiro atoms. The van der Waals surface area contributed by atoms with Crippen LogP contribution in [0.3, 0.4) is 0 Å². The van der Waals surface area contributed by atoms with Crippen molar-refractivity contribution in [3.05, 3.63) is 22.7 Å². The fraction of sp³-hybridized carbons (Fsp3) is 0.462. The van der Waals surface area contributed by atoms with Gasteiger partial charge in [-0.3, -0.25) is 0 Å². The number of nitriles is 1. The number of hydrogen-bond acceptors (Lipinski definition) is 4. The van der Waals surface area contributed by atoms with Crippen molar-refractivity contribution in [1.29, 1.82) is 5.26 Å². The zero-order valence-corrected chi connectivity index (χ0v) is 13.9. The van der Waals surface area contributed by atoms with Crippen LogP contribution in [-0.2, 0) is 10.0 Å². The lowest BCUT2D eigenvalue weighted by Crippen LogP contribution is -2.35. The first-order chi connectivity index (χ1) is 9.28. The molecule has 1 aromatic carbocycles. The highest BCUT2D eigenvalue weighted by Gasteiger charge is 2.27. The van der Waals surface area contributed by atoms with E-state index in [-0.39, 0.29) is 29.5 Å². The van der Waals surface area contributed by atoms with Gasteiger partial charge < -0.3 is 5.73 Å². The van der Waals surface area contributed by atoms with Gasteiger partial charge in [0.25, 0.3) is 0 Å². The molecule has 0 atom stereocenters. The van der Waals surface area contributed by atoms with Crippen molar-refractivity contribution in [3.8, 4) is 6.07 Å². The van der Waals surface area contributed by atoms with Crippen molar-refractivity contribution in [2.24, 2.45) is 5.92 Å². The van der Waals surface area contributed by atoms with Crippen molar-refractivity contribution < 1.29 is 8.42 Å². The van der Waals surface area contributed by atoms with Gasteiger partial charge in [0.1, 0.15) is 4.90 Å². The van der Waals surface area contributed by atoms with Gasteiger partial charge in [0.05, 0.1) is 11.8 Å². The van der Waals surface area contributed by atoms with E-state index >= 15 is 0 Å². The molecule has 0 saturated heterocycles. The summed E-state index contributed by atoms with van der Waals surface area (Å²) in [6, 6.07) is 6.71. The van der Waals surface area contributed by atoms with Crippen LogP contribution in [0.25, 0.3) is 0 Å². The van der Waals surface area contributed by atoms with Crippen LogP contribution in [0.2, 0.25) is 0 Å². The number of rotatable bonds is 6. The summed E-state index contributed by atoms with van der Waals surface area (Å²) in [5.74, 6) is 0.164. The highest BCUT2D eigenvalue weighted by atomic mass is 79.9. The average molecular weight is 360 g/mol. The number of benzene rings is 1. The predicted molar refractivity (Wildman–Crippen MR) is 82.4 cm³/mol. The largest absolute Gasteiger partial charge is 0.398 e. The normalized spacial score (nSPS) is 11.8. The molecule has 110 valence electrons. The van der Waals surface area contributed by atoms with Gasteiger partial charge in [0.2, 0.25) is 10.0 Å². The maximum absolute atomic E-state index is 12.7. The minimum atomic E-state index is -3.69. The molecule has 0 aliphatic rings. The van der Waals surface area contributed by atoms with Gasteiger partial charge >= 0.3 is 0 Å². The van der Waals surface area contributed by atoms with E-state index in [0.29, 0.717) is 11.0 Å². The Hall–Kier alpha value is -1.10. The molecule has 0 bridgehead atoms. The lowest BCUT2D eigenvalue weighted by Gasteiger charge is -2.23. The quantitative estimate of drug-likeness (QED) is 0.790. The summed E-state index contributed by atoms with van der Waals surface area (Å²) in [7, 11) is -3.69. The van der Waals surface area contributed by atoms with Crippen LogP contribution < -0.4 is 5.73 Å².